The number of fused-ring (bicyclic) bond motifs is 1. The van der Waals surface area contributed by atoms with E-state index < -0.39 is 11.6 Å². The average molecular weight is 551 g/mol. The number of Topliss-reactive ketones (excluding diaryl/α,β-unsaturated/α-hetero) is 2. The molecule has 8 heteroatoms. The minimum Gasteiger partial charge on any atom is -0.492 e. The van der Waals surface area contributed by atoms with Crippen LogP contribution in [-0.4, -0.2) is 73.1 Å². The van der Waals surface area contributed by atoms with E-state index in [1.165, 1.54) is 12.5 Å². The number of benzene rings is 2. The number of carbonyl (C=O) groups is 3. The van der Waals surface area contributed by atoms with Crippen molar-refractivity contribution in [3.8, 4) is 5.75 Å². The summed E-state index contributed by atoms with van der Waals surface area (Å²) in [5.41, 5.74) is 3.24. The van der Waals surface area contributed by atoms with E-state index in [1.54, 1.807) is 6.07 Å². The average Bonchev–Trinajstić information content (AvgIpc) is 3.31. The Bertz CT molecular complexity index is 1260. The topological polar surface area (TPSA) is 87.1 Å². The second kappa shape index (κ2) is 15.9. The minimum absolute atomic E-state index is 0.0881. The van der Waals surface area contributed by atoms with Gasteiger partial charge in [-0.2, -0.15) is 0 Å². The van der Waals surface area contributed by atoms with E-state index in [0.717, 1.165) is 30.7 Å². The lowest BCUT2D eigenvalue weighted by atomic mass is 10.0. The fourth-order valence-corrected chi connectivity index (χ4v) is 4.90. The number of carbonyl (C=O) groups excluding carboxylic acids is 3. The van der Waals surface area contributed by atoms with Crippen LogP contribution in [0.25, 0.3) is 10.9 Å². The zero-order valence-corrected chi connectivity index (χ0v) is 24.2. The number of hydrogen-bond donors (Lipinski definition) is 0. The highest BCUT2D eigenvalue weighted by Crippen LogP contribution is 2.35. The normalized spacial score (nSPS) is 13.4. The van der Waals surface area contributed by atoms with Crippen molar-refractivity contribution in [3.63, 3.8) is 0 Å². The Balaban J connectivity index is 0.00000216. The Labute approximate surface area is 237 Å². The smallest absolute Gasteiger partial charge is 0.309 e. The molecular weight excluding hydrogens is 508 g/mol. The number of ether oxygens (including phenoxy) is 3. The quantitative estimate of drug-likeness (QED) is 0.170. The fraction of sp³-hybridized carbons (Fsp3) is 0.469. The number of aromatic nitrogens is 1. The molecule has 1 aliphatic heterocycles. The van der Waals surface area contributed by atoms with Crippen LogP contribution in [0, 0.1) is 0 Å². The van der Waals surface area contributed by atoms with E-state index >= 15 is 0 Å². The van der Waals surface area contributed by atoms with Crippen LogP contribution in [0.1, 0.15) is 55.7 Å². The Morgan fingerprint density at radius 1 is 0.925 bits per heavy atom. The molecule has 0 spiro atoms. The zero-order valence-electron chi connectivity index (χ0n) is 24.2. The van der Waals surface area contributed by atoms with Gasteiger partial charge in [-0.25, -0.2) is 0 Å². The molecule has 8 nitrogen and oxygen atoms in total. The Morgan fingerprint density at radius 2 is 1.65 bits per heavy atom. The molecule has 2 heterocycles. The molecule has 40 heavy (non-hydrogen) atoms. The van der Waals surface area contributed by atoms with Crippen molar-refractivity contribution < 1.29 is 28.6 Å². The van der Waals surface area contributed by atoms with Gasteiger partial charge in [0.05, 0.1) is 42.7 Å². The molecule has 0 amide bonds. The number of morpholine rings is 1. The van der Waals surface area contributed by atoms with Crippen LogP contribution >= 0.6 is 0 Å². The summed E-state index contributed by atoms with van der Waals surface area (Å²) in [6, 6.07) is 15.8. The van der Waals surface area contributed by atoms with Gasteiger partial charge in [-0.05, 0) is 30.5 Å². The van der Waals surface area contributed by atoms with E-state index in [-0.39, 0.29) is 19.0 Å². The summed E-state index contributed by atoms with van der Waals surface area (Å²) in [5, 5.41) is 0.623. The predicted molar refractivity (Wildman–Crippen MR) is 156 cm³/mol. The Morgan fingerprint density at radius 3 is 2.33 bits per heavy atom. The molecular formula is C32H42N2O6. The van der Waals surface area contributed by atoms with Crippen molar-refractivity contribution >= 4 is 28.4 Å². The second-order valence-corrected chi connectivity index (χ2v) is 9.37. The summed E-state index contributed by atoms with van der Waals surface area (Å²) in [4.78, 5) is 39.8. The number of aryl methyl sites for hydroxylation is 2. The summed E-state index contributed by atoms with van der Waals surface area (Å²) >= 11 is 0. The van der Waals surface area contributed by atoms with E-state index in [0.29, 0.717) is 56.0 Å². The number of nitrogens with zero attached hydrogens (tertiary/aromatic N) is 2. The first-order chi connectivity index (χ1) is 19.5. The molecule has 0 saturated carbocycles. The lowest BCUT2D eigenvalue weighted by molar-refractivity contribution is -0.144. The lowest BCUT2D eigenvalue weighted by Crippen LogP contribution is -2.38. The SMILES string of the molecule is CC.CCc1c(C(=O)C(C)=O)c2c(OCCC(=O)OCCN3CCOCC3)cccc2n1CCc1ccccc1. The van der Waals surface area contributed by atoms with Crippen LogP contribution in [0.15, 0.2) is 48.5 Å². The molecule has 0 N–H and O–H groups in total. The highest BCUT2D eigenvalue weighted by molar-refractivity contribution is 6.45. The van der Waals surface area contributed by atoms with Crippen LogP contribution in [0.5, 0.6) is 5.75 Å². The second-order valence-electron chi connectivity index (χ2n) is 9.37. The first-order valence-electron chi connectivity index (χ1n) is 14.3. The number of rotatable bonds is 13. The Hall–Kier alpha value is -3.49. The maximum absolute atomic E-state index is 13.1. The van der Waals surface area contributed by atoms with Crippen molar-refractivity contribution in [2.24, 2.45) is 0 Å². The predicted octanol–water partition coefficient (Wildman–Crippen LogP) is 4.89. The van der Waals surface area contributed by atoms with Crippen molar-refractivity contribution in [1.29, 1.82) is 0 Å². The maximum Gasteiger partial charge on any atom is 0.309 e. The fourth-order valence-electron chi connectivity index (χ4n) is 4.90. The molecule has 3 aromatic rings. The molecule has 1 aromatic heterocycles. The number of esters is 1. The van der Waals surface area contributed by atoms with Gasteiger partial charge in [0.15, 0.2) is 5.78 Å². The van der Waals surface area contributed by atoms with Crippen LogP contribution in [0.3, 0.4) is 0 Å². The molecule has 4 rings (SSSR count). The standard InChI is InChI=1S/C30H36N2O6.C2H6/c1-3-24-29(30(35)22(2)33)28-25(32(24)14-12-23-8-5-4-6-9-23)10-7-11-26(28)37-18-13-27(34)38-21-17-31-15-19-36-20-16-31;1-2/h4-11H,3,12-21H2,1-2H3;1-2H3. The van der Waals surface area contributed by atoms with Crippen molar-refractivity contribution in [2.45, 2.75) is 53.5 Å². The largest absolute Gasteiger partial charge is 0.492 e. The third-order valence-electron chi connectivity index (χ3n) is 6.85. The summed E-state index contributed by atoms with van der Waals surface area (Å²) in [7, 11) is 0. The lowest BCUT2D eigenvalue weighted by Gasteiger charge is -2.26. The van der Waals surface area contributed by atoms with Gasteiger partial charge in [-0.3, -0.25) is 19.3 Å². The first kappa shape index (κ1) is 31.0. The van der Waals surface area contributed by atoms with Crippen molar-refractivity contribution in [1.82, 2.24) is 9.47 Å². The third-order valence-corrected chi connectivity index (χ3v) is 6.85. The first-order valence-corrected chi connectivity index (χ1v) is 14.3. The van der Waals surface area contributed by atoms with Gasteiger partial charge >= 0.3 is 5.97 Å². The Kier molecular flexibility index (Phi) is 12.4. The van der Waals surface area contributed by atoms with Gasteiger partial charge in [-0.1, -0.05) is 57.2 Å². The van der Waals surface area contributed by atoms with E-state index in [1.807, 2.05) is 51.1 Å². The molecule has 0 bridgehead atoms. The van der Waals surface area contributed by atoms with Crippen LogP contribution in [0.4, 0.5) is 0 Å². The zero-order chi connectivity index (χ0) is 28.9. The highest BCUT2D eigenvalue weighted by atomic mass is 16.5. The summed E-state index contributed by atoms with van der Waals surface area (Å²) in [6.07, 6.45) is 1.46. The molecule has 1 aliphatic rings. The highest BCUT2D eigenvalue weighted by Gasteiger charge is 2.26. The molecule has 0 radical (unpaired) electrons. The summed E-state index contributed by atoms with van der Waals surface area (Å²) in [5.74, 6) is -0.883. The molecule has 0 unspecified atom stereocenters. The van der Waals surface area contributed by atoms with Crippen LogP contribution in [-0.2, 0) is 38.4 Å². The maximum atomic E-state index is 13.1. The minimum atomic E-state index is -0.524. The summed E-state index contributed by atoms with van der Waals surface area (Å²) < 4.78 is 18.8. The molecule has 1 saturated heterocycles. The van der Waals surface area contributed by atoms with Crippen molar-refractivity contribution in [3.05, 3.63) is 65.4 Å². The molecule has 216 valence electrons. The van der Waals surface area contributed by atoms with E-state index in [2.05, 4.69) is 21.6 Å². The number of hydrogen-bond acceptors (Lipinski definition) is 7. The van der Waals surface area contributed by atoms with Gasteiger partial charge in [0, 0.05) is 38.8 Å². The molecule has 1 fully saturated rings. The molecule has 0 aliphatic carbocycles. The number of ketones is 2. The van der Waals surface area contributed by atoms with Gasteiger partial charge in [0.2, 0.25) is 5.78 Å². The van der Waals surface area contributed by atoms with E-state index in [4.69, 9.17) is 14.2 Å². The van der Waals surface area contributed by atoms with Crippen molar-refractivity contribution in [2.75, 3.05) is 46.1 Å². The van der Waals surface area contributed by atoms with Gasteiger partial charge < -0.3 is 18.8 Å². The summed E-state index contributed by atoms with van der Waals surface area (Å²) in [6.45, 7) is 12.2. The van der Waals surface area contributed by atoms with Crippen LogP contribution in [0.2, 0.25) is 0 Å². The molecule has 0 atom stereocenters. The van der Waals surface area contributed by atoms with Gasteiger partial charge in [0.1, 0.15) is 12.4 Å². The molecule has 2 aromatic carbocycles. The van der Waals surface area contributed by atoms with E-state index in [9.17, 15) is 14.4 Å². The van der Waals surface area contributed by atoms with Crippen LogP contribution < -0.4 is 4.74 Å². The van der Waals surface area contributed by atoms with Gasteiger partial charge in [-0.15, -0.1) is 0 Å². The third kappa shape index (κ3) is 8.02. The monoisotopic (exact) mass is 550 g/mol. The van der Waals surface area contributed by atoms with Gasteiger partial charge in [0.25, 0.3) is 0 Å².